The topological polar surface area (TPSA) is 78.0 Å². The van der Waals surface area contributed by atoms with Crippen molar-refractivity contribution in [3.63, 3.8) is 0 Å². The molecule has 1 fully saturated rings. The third kappa shape index (κ3) is 4.92. The molecule has 0 unspecified atom stereocenters. The molecule has 0 spiro atoms. The summed E-state index contributed by atoms with van der Waals surface area (Å²) < 4.78 is 46.7. The normalized spacial score (nSPS) is 20.5. The molecular formula is C29H27ClF3N5O3. The smallest absolute Gasteiger partial charge is 0.416 e. The van der Waals surface area contributed by atoms with Gasteiger partial charge in [-0.3, -0.25) is 14.5 Å². The van der Waals surface area contributed by atoms with Gasteiger partial charge in [-0.1, -0.05) is 23.7 Å². The first-order valence-electron chi connectivity index (χ1n) is 13.2. The number of pyridine rings is 1. The molecule has 0 bridgehead atoms. The minimum Gasteiger partial charge on any atom is -0.490 e. The van der Waals surface area contributed by atoms with Crippen molar-refractivity contribution in [2.24, 2.45) is 5.92 Å². The predicted octanol–water partition coefficient (Wildman–Crippen LogP) is 5.27. The lowest BCUT2D eigenvalue weighted by Gasteiger charge is -2.39. The zero-order valence-electron chi connectivity index (χ0n) is 22.3. The number of nitrogens with zero attached hydrogens (tertiary/aromatic N) is 4. The second-order valence-electron chi connectivity index (χ2n) is 10.5. The summed E-state index contributed by atoms with van der Waals surface area (Å²) in [4.78, 5) is 36.2. The first-order chi connectivity index (χ1) is 19.5. The number of amides is 2. The number of alkyl halides is 3. The molecule has 1 saturated heterocycles. The zero-order chi connectivity index (χ0) is 29.1. The minimum atomic E-state index is -4.63. The highest BCUT2D eigenvalue weighted by Crippen LogP contribution is 2.43. The van der Waals surface area contributed by atoms with Crippen molar-refractivity contribution in [1.82, 2.24) is 4.98 Å². The summed E-state index contributed by atoms with van der Waals surface area (Å²) in [6.07, 6.45) is -4.66. The van der Waals surface area contributed by atoms with Crippen molar-refractivity contribution in [2.45, 2.75) is 32.1 Å². The summed E-state index contributed by atoms with van der Waals surface area (Å²) in [6.45, 7) is 3.37. The molecule has 0 radical (unpaired) electrons. The van der Waals surface area contributed by atoms with Crippen LogP contribution in [0.2, 0.25) is 5.02 Å². The maximum Gasteiger partial charge on any atom is 0.416 e. The SMILES string of the molecule is Cc1cc(C(F)(F)F)cc(N2C(=O)C[C@@H]3CN(Cc4ccc5c(c4)NCCO5)c4c(Cl)cccc4N(C)C(=O)[C@H]32)n1. The Bertz CT molecular complexity index is 1550. The molecule has 2 atom stereocenters. The van der Waals surface area contributed by atoms with Gasteiger partial charge < -0.3 is 19.9 Å². The fraction of sp³-hybridized carbons (Fsp3) is 0.345. The van der Waals surface area contributed by atoms with E-state index in [4.69, 9.17) is 16.3 Å². The van der Waals surface area contributed by atoms with Crippen LogP contribution in [0.15, 0.2) is 48.5 Å². The van der Waals surface area contributed by atoms with Gasteiger partial charge in [0, 0.05) is 44.7 Å². The molecule has 2 aromatic carbocycles. The van der Waals surface area contributed by atoms with Gasteiger partial charge in [-0.15, -0.1) is 0 Å². The van der Waals surface area contributed by atoms with Crippen LogP contribution in [0.1, 0.15) is 23.2 Å². The minimum absolute atomic E-state index is 0.0307. The van der Waals surface area contributed by atoms with Crippen LogP contribution in [-0.4, -0.2) is 49.6 Å². The van der Waals surface area contributed by atoms with Crippen LogP contribution >= 0.6 is 11.6 Å². The standard InChI is InChI=1S/C29H27ClF3N5O3/c1-16-10-19(29(31,32)33)13-24(35-16)38-25(39)12-18-15-37(14-17-6-7-23-21(11-17)34-8-9-41-23)27-20(30)4-3-5-22(27)36(2)28(40)26(18)38/h3-7,10-11,13,18,26,34H,8-9,12,14-15H2,1-2H3/t18-,26+/m1/s1. The van der Waals surface area contributed by atoms with E-state index in [0.29, 0.717) is 36.1 Å². The average molecular weight is 586 g/mol. The van der Waals surface area contributed by atoms with Crippen LogP contribution < -0.4 is 24.8 Å². The molecule has 3 aromatic rings. The van der Waals surface area contributed by atoms with Crippen LogP contribution in [0.25, 0.3) is 0 Å². The van der Waals surface area contributed by atoms with E-state index in [1.165, 1.54) is 11.8 Å². The number of nitrogens with one attached hydrogen (secondary N) is 1. The third-order valence-electron chi connectivity index (χ3n) is 7.72. The second kappa shape index (κ2) is 10.1. The zero-order valence-corrected chi connectivity index (χ0v) is 23.1. The average Bonchev–Trinajstić information content (AvgIpc) is 3.25. The van der Waals surface area contributed by atoms with Crippen LogP contribution in [0, 0.1) is 12.8 Å². The molecule has 8 nitrogen and oxygen atoms in total. The van der Waals surface area contributed by atoms with E-state index in [9.17, 15) is 22.8 Å². The second-order valence-corrected chi connectivity index (χ2v) is 10.9. The van der Waals surface area contributed by atoms with Crippen molar-refractivity contribution in [3.05, 3.63) is 70.4 Å². The van der Waals surface area contributed by atoms with Gasteiger partial charge in [-0.25, -0.2) is 4.98 Å². The number of hydrogen-bond donors (Lipinski definition) is 1. The molecule has 0 aliphatic carbocycles. The Morgan fingerprint density at radius 3 is 2.73 bits per heavy atom. The molecule has 2 amide bonds. The van der Waals surface area contributed by atoms with Gasteiger partial charge in [0.05, 0.1) is 27.6 Å². The Hall–Kier alpha value is -3.99. The largest absolute Gasteiger partial charge is 0.490 e. The highest BCUT2D eigenvalue weighted by atomic mass is 35.5. The van der Waals surface area contributed by atoms with Crippen molar-refractivity contribution in [3.8, 4) is 5.75 Å². The molecule has 12 heteroatoms. The first kappa shape index (κ1) is 27.2. The molecule has 6 rings (SSSR count). The number of likely N-dealkylation sites (N-methyl/N-ethyl adjacent to an activating group) is 1. The lowest BCUT2D eigenvalue weighted by Crippen LogP contribution is -2.52. The molecule has 1 N–H and O–H groups in total. The van der Waals surface area contributed by atoms with Crippen molar-refractivity contribution < 1.29 is 27.5 Å². The quantitative estimate of drug-likeness (QED) is 0.451. The van der Waals surface area contributed by atoms with E-state index >= 15 is 0 Å². The molecule has 0 saturated carbocycles. The molecule has 1 aromatic heterocycles. The van der Waals surface area contributed by atoms with E-state index in [2.05, 4.69) is 10.3 Å². The number of fused-ring (bicyclic) bond motifs is 3. The number of para-hydroxylation sites is 1. The maximum atomic E-state index is 14.0. The van der Waals surface area contributed by atoms with Gasteiger partial charge in [0.25, 0.3) is 0 Å². The van der Waals surface area contributed by atoms with Gasteiger partial charge in [0.2, 0.25) is 11.8 Å². The Kier molecular flexibility index (Phi) is 6.72. The van der Waals surface area contributed by atoms with E-state index in [-0.39, 0.29) is 24.5 Å². The van der Waals surface area contributed by atoms with Crippen molar-refractivity contribution in [1.29, 1.82) is 0 Å². The van der Waals surface area contributed by atoms with Gasteiger partial charge in [-0.05, 0) is 48.9 Å². The highest BCUT2D eigenvalue weighted by Gasteiger charge is 2.49. The fourth-order valence-electron chi connectivity index (χ4n) is 5.91. The predicted molar refractivity (Wildman–Crippen MR) is 150 cm³/mol. The maximum absolute atomic E-state index is 14.0. The van der Waals surface area contributed by atoms with Crippen molar-refractivity contribution in [2.75, 3.05) is 46.8 Å². The Morgan fingerprint density at radius 1 is 1.15 bits per heavy atom. The molecular weight excluding hydrogens is 559 g/mol. The molecule has 3 aliphatic heterocycles. The summed E-state index contributed by atoms with van der Waals surface area (Å²) in [5.41, 5.74) is 2.18. The molecule has 4 heterocycles. The summed E-state index contributed by atoms with van der Waals surface area (Å²) in [5, 5.41) is 3.77. The van der Waals surface area contributed by atoms with Crippen LogP contribution in [0.3, 0.4) is 0 Å². The van der Waals surface area contributed by atoms with Crippen LogP contribution in [-0.2, 0) is 22.3 Å². The summed E-state index contributed by atoms with van der Waals surface area (Å²) in [5.74, 6) is -0.832. The van der Waals surface area contributed by atoms with Crippen LogP contribution in [0.5, 0.6) is 5.75 Å². The molecule has 41 heavy (non-hydrogen) atoms. The van der Waals surface area contributed by atoms with E-state index in [1.54, 1.807) is 25.2 Å². The highest BCUT2D eigenvalue weighted by molar-refractivity contribution is 6.34. The third-order valence-corrected chi connectivity index (χ3v) is 8.02. The number of ether oxygens (including phenoxy) is 1. The number of rotatable bonds is 3. The van der Waals surface area contributed by atoms with Gasteiger partial charge in [0.15, 0.2) is 0 Å². The number of benzene rings is 2. The van der Waals surface area contributed by atoms with Gasteiger partial charge >= 0.3 is 6.18 Å². The van der Waals surface area contributed by atoms with Gasteiger partial charge in [-0.2, -0.15) is 13.2 Å². The van der Waals surface area contributed by atoms with E-state index in [0.717, 1.165) is 34.0 Å². The summed E-state index contributed by atoms with van der Waals surface area (Å²) in [6, 6.07) is 11.8. The number of halogens is 4. The lowest BCUT2D eigenvalue weighted by molar-refractivity contribution is -0.137. The molecule has 3 aliphatic rings. The number of anilines is 4. The van der Waals surface area contributed by atoms with Crippen LogP contribution in [0.4, 0.5) is 36.1 Å². The van der Waals surface area contributed by atoms with E-state index in [1.807, 2.05) is 23.1 Å². The Balaban J connectivity index is 1.42. The number of carbonyl (C=O) groups excluding carboxylic acids is 2. The van der Waals surface area contributed by atoms with Gasteiger partial charge in [0.1, 0.15) is 24.2 Å². The Morgan fingerprint density at radius 2 is 1.95 bits per heavy atom. The monoisotopic (exact) mass is 585 g/mol. The van der Waals surface area contributed by atoms with Crippen molar-refractivity contribution >= 4 is 46.3 Å². The lowest BCUT2D eigenvalue weighted by atomic mass is 9.95. The fourth-order valence-corrected chi connectivity index (χ4v) is 6.20. The number of aryl methyl sites for hydroxylation is 1. The summed E-state index contributed by atoms with van der Waals surface area (Å²) >= 11 is 6.73. The first-order valence-corrected chi connectivity index (χ1v) is 13.6. The number of aromatic nitrogens is 1. The molecule has 214 valence electrons. The Labute approximate surface area is 239 Å². The number of carbonyl (C=O) groups is 2. The number of hydrogen-bond acceptors (Lipinski definition) is 6. The van der Waals surface area contributed by atoms with E-state index < -0.39 is 35.5 Å². The summed E-state index contributed by atoms with van der Waals surface area (Å²) in [7, 11) is 1.59.